The summed E-state index contributed by atoms with van der Waals surface area (Å²) in [6.07, 6.45) is 4.61. The van der Waals surface area contributed by atoms with Gasteiger partial charge in [-0.2, -0.15) is 0 Å². The van der Waals surface area contributed by atoms with Crippen LogP contribution >= 0.6 is 0 Å². The van der Waals surface area contributed by atoms with Crippen molar-refractivity contribution in [3.05, 3.63) is 30.1 Å². The number of likely N-dealkylation sites (N-methyl/N-ethyl adjacent to an activating group) is 1. The number of hydrogen-bond donors (Lipinski definition) is 0. The molecule has 0 spiro atoms. The molecule has 92 valence electrons. The number of nitrogens with zero attached hydrogens (tertiary/aromatic N) is 3. The van der Waals surface area contributed by atoms with E-state index in [0.29, 0.717) is 6.04 Å². The van der Waals surface area contributed by atoms with E-state index in [1.807, 2.05) is 12.3 Å². The maximum Gasteiger partial charge on any atom is 0.0572 e. The van der Waals surface area contributed by atoms with E-state index in [1.54, 1.807) is 0 Å². The lowest BCUT2D eigenvalue weighted by Gasteiger charge is -2.42. The normalized spacial score (nSPS) is 31.6. The van der Waals surface area contributed by atoms with Gasteiger partial charge in [0, 0.05) is 37.4 Å². The fourth-order valence-electron chi connectivity index (χ4n) is 3.55. The molecule has 3 heterocycles. The van der Waals surface area contributed by atoms with E-state index in [-0.39, 0.29) is 0 Å². The summed E-state index contributed by atoms with van der Waals surface area (Å²) in [5, 5.41) is 0. The highest BCUT2D eigenvalue weighted by atomic mass is 15.3. The maximum atomic E-state index is 4.51. The van der Waals surface area contributed by atoms with Gasteiger partial charge < -0.3 is 4.90 Å². The zero-order valence-electron chi connectivity index (χ0n) is 10.7. The Balaban J connectivity index is 1.81. The molecule has 2 aliphatic heterocycles. The van der Waals surface area contributed by atoms with Crippen molar-refractivity contribution in [3.63, 3.8) is 0 Å². The summed E-state index contributed by atoms with van der Waals surface area (Å²) in [7, 11) is 2.24. The molecule has 2 fully saturated rings. The summed E-state index contributed by atoms with van der Waals surface area (Å²) >= 11 is 0. The first-order valence-electron chi connectivity index (χ1n) is 6.62. The minimum atomic E-state index is 0.461. The number of rotatable bonds is 2. The second kappa shape index (κ2) is 4.39. The van der Waals surface area contributed by atoms with Crippen molar-refractivity contribution in [2.75, 3.05) is 20.1 Å². The molecule has 3 atom stereocenters. The Kier molecular flexibility index (Phi) is 2.89. The third-order valence-corrected chi connectivity index (χ3v) is 4.28. The van der Waals surface area contributed by atoms with E-state index < -0.39 is 0 Å². The summed E-state index contributed by atoms with van der Waals surface area (Å²) in [6.45, 7) is 4.74. The van der Waals surface area contributed by atoms with Gasteiger partial charge in [-0.25, -0.2) is 0 Å². The molecule has 0 saturated carbocycles. The third kappa shape index (κ3) is 1.98. The minimum absolute atomic E-state index is 0.461. The molecule has 17 heavy (non-hydrogen) atoms. The molecule has 0 radical (unpaired) electrons. The smallest absolute Gasteiger partial charge is 0.0572 e. The lowest BCUT2D eigenvalue weighted by atomic mass is 10.1. The highest BCUT2D eigenvalue weighted by molar-refractivity contribution is 5.11. The molecule has 3 heteroatoms. The molecule has 1 aromatic rings. The lowest BCUT2D eigenvalue weighted by Crippen LogP contribution is -2.53. The van der Waals surface area contributed by atoms with Gasteiger partial charge in [0.05, 0.1) is 5.69 Å². The molecule has 0 N–H and O–H groups in total. The minimum Gasteiger partial charge on any atom is -0.303 e. The van der Waals surface area contributed by atoms with Crippen LogP contribution in [0.5, 0.6) is 0 Å². The van der Waals surface area contributed by atoms with Crippen LogP contribution in [0.3, 0.4) is 0 Å². The van der Waals surface area contributed by atoms with Gasteiger partial charge in [0.2, 0.25) is 0 Å². The molecule has 1 aromatic heterocycles. The monoisotopic (exact) mass is 231 g/mol. The zero-order chi connectivity index (χ0) is 11.8. The number of pyridine rings is 1. The molecule has 0 amide bonds. The number of hydrogen-bond acceptors (Lipinski definition) is 3. The Morgan fingerprint density at radius 2 is 1.94 bits per heavy atom. The Morgan fingerprint density at radius 3 is 2.53 bits per heavy atom. The van der Waals surface area contributed by atoms with Crippen LogP contribution in [0.4, 0.5) is 0 Å². The highest BCUT2D eigenvalue weighted by Crippen LogP contribution is 2.36. The van der Waals surface area contributed by atoms with Crippen molar-refractivity contribution in [2.24, 2.45) is 0 Å². The van der Waals surface area contributed by atoms with Gasteiger partial charge in [0.1, 0.15) is 0 Å². The summed E-state index contributed by atoms with van der Waals surface area (Å²) in [4.78, 5) is 9.69. The number of piperazine rings is 1. The largest absolute Gasteiger partial charge is 0.303 e. The fourth-order valence-corrected chi connectivity index (χ4v) is 3.55. The summed E-state index contributed by atoms with van der Waals surface area (Å²) in [5.74, 6) is 0. The van der Waals surface area contributed by atoms with Gasteiger partial charge in [0.15, 0.2) is 0 Å². The van der Waals surface area contributed by atoms with E-state index in [4.69, 9.17) is 0 Å². The van der Waals surface area contributed by atoms with Crippen LogP contribution in [-0.4, -0.2) is 47.0 Å². The molecular weight excluding hydrogens is 210 g/mol. The van der Waals surface area contributed by atoms with Gasteiger partial charge in [-0.15, -0.1) is 0 Å². The number of aromatic nitrogens is 1. The van der Waals surface area contributed by atoms with Crippen LogP contribution < -0.4 is 0 Å². The summed E-state index contributed by atoms with van der Waals surface area (Å²) in [6, 6.07) is 8.17. The molecule has 0 aromatic carbocycles. The van der Waals surface area contributed by atoms with Crippen LogP contribution in [0.2, 0.25) is 0 Å². The molecular formula is C14H21N3. The van der Waals surface area contributed by atoms with E-state index in [0.717, 1.165) is 12.1 Å². The van der Waals surface area contributed by atoms with Crippen molar-refractivity contribution in [2.45, 2.75) is 37.9 Å². The zero-order valence-corrected chi connectivity index (χ0v) is 10.7. The van der Waals surface area contributed by atoms with Crippen molar-refractivity contribution in [1.29, 1.82) is 0 Å². The second-order valence-corrected chi connectivity index (χ2v) is 5.48. The summed E-state index contributed by atoms with van der Waals surface area (Å²) in [5.41, 5.74) is 1.22. The van der Waals surface area contributed by atoms with Crippen LogP contribution in [0.15, 0.2) is 24.4 Å². The fraction of sp³-hybridized carbons (Fsp3) is 0.643. The van der Waals surface area contributed by atoms with Crippen molar-refractivity contribution < 1.29 is 0 Å². The first-order chi connectivity index (χ1) is 8.25. The molecule has 2 bridgehead atoms. The van der Waals surface area contributed by atoms with E-state index >= 15 is 0 Å². The van der Waals surface area contributed by atoms with Crippen LogP contribution in [-0.2, 0) is 0 Å². The molecule has 2 saturated heterocycles. The Labute approximate surface area is 103 Å². The first kappa shape index (κ1) is 11.2. The standard InChI is InChI=1S/C14H21N3/c1-11(14-5-3-4-8-15-14)17-12-6-7-13(17)10-16(2)9-12/h3-5,8,11-13H,6-7,9-10H2,1-2H3/t11-,12?,13?/m0/s1. The van der Waals surface area contributed by atoms with E-state index in [9.17, 15) is 0 Å². The molecule has 3 nitrogen and oxygen atoms in total. The predicted molar refractivity (Wildman–Crippen MR) is 68.8 cm³/mol. The molecule has 3 rings (SSSR count). The maximum absolute atomic E-state index is 4.51. The van der Waals surface area contributed by atoms with E-state index in [1.165, 1.54) is 31.6 Å². The average Bonchev–Trinajstić information content (AvgIpc) is 2.62. The Bertz CT molecular complexity index is 364. The highest BCUT2D eigenvalue weighted by Gasteiger charge is 2.41. The van der Waals surface area contributed by atoms with Crippen molar-refractivity contribution in [3.8, 4) is 0 Å². The first-order valence-corrected chi connectivity index (χ1v) is 6.62. The van der Waals surface area contributed by atoms with Gasteiger partial charge in [0.25, 0.3) is 0 Å². The van der Waals surface area contributed by atoms with Crippen molar-refractivity contribution in [1.82, 2.24) is 14.8 Å². The SMILES string of the molecule is C[C@@H](c1ccccn1)N1C2CCC1CN(C)C2. The number of fused-ring (bicyclic) bond motifs is 2. The second-order valence-electron chi connectivity index (χ2n) is 5.48. The Hall–Kier alpha value is -0.930. The van der Waals surface area contributed by atoms with Crippen LogP contribution in [0.25, 0.3) is 0 Å². The average molecular weight is 231 g/mol. The lowest BCUT2D eigenvalue weighted by molar-refractivity contribution is 0.0485. The van der Waals surface area contributed by atoms with E-state index in [2.05, 4.69) is 40.9 Å². The van der Waals surface area contributed by atoms with Gasteiger partial charge >= 0.3 is 0 Å². The van der Waals surface area contributed by atoms with Gasteiger partial charge in [-0.05, 0) is 38.9 Å². The van der Waals surface area contributed by atoms with Gasteiger partial charge in [-0.3, -0.25) is 9.88 Å². The van der Waals surface area contributed by atoms with Crippen molar-refractivity contribution >= 4 is 0 Å². The predicted octanol–water partition coefficient (Wildman–Crippen LogP) is 1.92. The van der Waals surface area contributed by atoms with Crippen LogP contribution in [0.1, 0.15) is 31.5 Å². The van der Waals surface area contributed by atoms with Gasteiger partial charge in [-0.1, -0.05) is 6.07 Å². The molecule has 2 aliphatic rings. The topological polar surface area (TPSA) is 19.4 Å². The van der Waals surface area contributed by atoms with Crippen LogP contribution in [0, 0.1) is 0 Å². The quantitative estimate of drug-likeness (QED) is 0.775. The summed E-state index contributed by atoms with van der Waals surface area (Å²) < 4.78 is 0. The number of likely N-dealkylation sites (tertiary alicyclic amines) is 1. The third-order valence-electron chi connectivity index (χ3n) is 4.28. The Morgan fingerprint density at radius 1 is 1.24 bits per heavy atom. The molecule has 0 aliphatic carbocycles. The molecule has 2 unspecified atom stereocenters.